The van der Waals surface area contributed by atoms with Crippen molar-refractivity contribution in [1.82, 2.24) is 15.5 Å². The van der Waals surface area contributed by atoms with Gasteiger partial charge in [-0.2, -0.15) is 5.10 Å². The van der Waals surface area contributed by atoms with Crippen molar-refractivity contribution in [3.63, 3.8) is 0 Å². The van der Waals surface area contributed by atoms with Crippen LogP contribution >= 0.6 is 0 Å². The van der Waals surface area contributed by atoms with Gasteiger partial charge in [-0.25, -0.2) is 0 Å². The van der Waals surface area contributed by atoms with Crippen molar-refractivity contribution in [1.29, 1.82) is 0 Å². The van der Waals surface area contributed by atoms with E-state index in [-0.39, 0.29) is 0 Å². The van der Waals surface area contributed by atoms with E-state index in [0.717, 1.165) is 24.4 Å². The van der Waals surface area contributed by atoms with Crippen LogP contribution in [0.4, 0.5) is 0 Å². The first-order valence-corrected chi connectivity index (χ1v) is 7.17. The highest BCUT2D eigenvalue weighted by molar-refractivity contribution is 5.39. The van der Waals surface area contributed by atoms with Gasteiger partial charge in [0.25, 0.3) is 0 Å². The van der Waals surface area contributed by atoms with Crippen molar-refractivity contribution < 1.29 is 4.74 Å². The molecule has 3 rings (SSSR count). The molecule has 4 nitrogen and oxygen atoms in total. The van der Waals surface area contributed by atoms with Crippen LogP contribution < -0.4 is 10.1 Å². The SMILES string of the molecule is COc1ccc2c(c1)CCCC2NCc1cn[nH]c1C. The van der Waals surface area contributed by atoms with Crippen LogP contribution in [0.25, 0.3) is 0 Å². The number of ether oxygens (including phenoxy) is 1. The van der Waals surface area contributed by atoms with Gasteiger partial charge < -0.3 is 10.1 Å². The van der Waals surface area contributed by atoms with Crippen LogP contribution in [0.3, 0.4) is 0 Å². The number of methoxy groups -OCH3 is 1. The highest BCUT2D eigenvalue weighted by Crippen LogP contribution is 2.32. The van der Waals surface area contributed by atoms with Crippen molar-refractivity contribution in [2.45, 2.75) is 38.8 Å². The lowest BCUT2D eigenvalue weighted by Crippen LogP contribution is -2.25. The number of aromatic amines is 1. The van der Waals surface area contributed by atoms with Crippen molar-refractivity contribution >= 4 is 0 Å². The zero-order valence-corrected chi connectivity index (χ0v) is 12.1. The Bertz CT molecular complexity index is 591. The Morgan fingerprint density at radius 3 is 3.10 bits per heavy atom. The van der Waals surface area contributed by atoms with Gasteiger partial charge in [-0.1, -0.05) is 6.07 Å². The molecule has 2 aromatic rings. The number of aromatic nitrogens is 2. The molecular formula is C16H21N3O. The largest absolute Gasteiger partial charge is 0.497 e. The topological polar surface area (TPSA) is 49.9 Å². The van der Waals surface area contributed by atoms with E-state index in [9.17, 15) is 0 Å². The lowest BCUT2D eigenvalue weighted by Gasteiger charge is -2.27. The van der Waals surface area contributed by atoms with Gasteiger partial charge in [-0.05, 0) is 49.4 Å². The zero-order valence-electron chi connectivity index (χ0n) is 12.1. The molecule has 4 heteroatoms. The van der Waals surface area contributed by atoms with Crippen molar-refractivity contribution in [2.75, 3.05) is 7.11 Å². The fourth-order valence-corrected chi connectivity index (χ4v) is 2.92. The van der Waals surface area contributed by atoms with Gasteiger partial charge in [-0.3, -0.25) is 5.10 Å². The van der Waals surface area contributed by atoms with Crippen LogP contribution in [0, 0.1) is 6.92 Å². The van der Waals surface area contributed by atoms with Crippen LogP contribution in [0.1, 0.15) is 41.3 Å². The van der Waals surface area contributed by atoms with Gasteiger partial charge in [0.15, 0.2) is 0 Å². The number of aryl methyl sites for hydroxylation is 2. The fourth-order valence-electron chi connectivity index (χ4n) is 2.92. The van der Waals surface area contributed by atoms with Crippen LogP contribution in [-0.2, 0) is 13.0 Å². The molecule has 2 N–H and O–H groups in total. The summed E-state index contributed by atoms with van der Waals surface area (Å²) in [6.07, 6.45) is 5.47. The van der Waals surface area contributed by atoms with E-state index >= 15 is 0 Å². The van der Waals surface area contributed by atoms with E-state index in [0.29, 0.717) is 6.04 Å². The number of hydrogen-bond donors (Lipinski definition) is 2. The van der Waals surface area contributed by atoms with Gasteiger partial charge >= 0.3 is 0 Å². The van der Waals surface area contributed by atoms with Crippen LogP contribution in [0.15, 0.2) is 24.4 Å². The summed E-state index contributed by atoms with van der Waals surface area (Å²) < 4.78 is 5.32. The number of hydrogen-bond acceptors (Lipinski definition) is 3. The van der Waals surface area contributed by atoms with Gasteiger partial charge in [0.1, 0.15) is 5.75 Å². The Labute approximate surface area is 119 Å². The third-order valence-corrected chi connectivity index (χ3v) is 4.14. The predicted molar refractivity (Wildman–Crippen MR) is 78.8 cm³/mol. The first kappa shape index (κ1) is 13.2. The number of benzene rings is 1. The molecule has 0 fully saturated rings. The first-order valence-electron chi connectivity index (χ1n) is 7.17. The summed E-state index contributed by atoms with van der Waals surface area (Å²) >= 11 is 0. The molecule has 1 atom stereocenters. The standard InChI is InChI=1S/C16H21N3O/c1-11-13(10-18-19-11)9-17-16-5-3-4-12-8-14(20-2)6-7-15(12)16/h6-8,10,16-17H,3-5,9H2,1-2H3,(H,18,19). The van der Waals surface area contributed by atoms with Gasteiger partial charge in [0, 0.05) is 23.8 Å². The predicted octanol–water partition coefficient (Wildman–Crippen LogP) is 2.89. The molecule has 1 heterocycles. The molecule has 0 aliphatic heterocycles. The molecule has 1 aromatic heterocycles. The number of fused-ring (bicyclic) bond motifs is 1. The molecule has 106 valence electrons. The Kier molecular flexibility index (Phi) is 3.74. The maximum atomic E-state index is 5.32. The highest BCUT2D eigenvalue weighted by atomic mass is 16.5. The van der Waals surface area contributed by atoms with Crippen LogP contribution in [-0.4, -0.2) is 17.3 Å². The quantitative estimate of drug-likeness (QED) is 0.899. The molecule has 1 unspecified atom stereocenters. The van der Waals surface area contributed by atoms with Crippen molar-refractivity contribution in [2.24, 2.45) is 0 Å². The van der Waals surface area contributed by atoms with E-state index in [1.165, 1.54) is 29.5 Å². The van der Waals surface area contributed by atoms with E-state index in [1.807, 2.05) is 6.20 Å². The molecule has 0 radical (unpaired) electrons. The first-order chi connectivity index (χ1) is 9.78. The number of rotatable bonds is 4. The van der Waals surface area contributed by atoms with E-state index in [1.54, 1.807) is 7.11 Å². The van der Waals surface area contributed by atoms with E-state index in [2.05, 4.69) is 40.6 Å². The third kappa shape index (κ3) is 2.56. The van der Waals surface area contributed by atoms with Crippen molar-refractivity contribution in [3.8, 4) is 5.75 Å². The lowest BCUT2D eigenvalue weighted by molar-refractivity contribution is 0.410. The van der Waals surface area contributed by atoms with Crippen molar-refractivity contribution in [3.05, 3.63) is 46.8 Å². The summed E-state index contributed by atoms with van der Waals surface area (Å²) in [7, 11) is 1.72. The second-order valence-electron chi connectivity index (χ2n) is 5.41. The van der Waals surface area contributed by atoms with Gasteiger partial charge in [0.2, 0.25) is 0 Å². The van der Waals surface area contributed by atoms with Gasteiger partial charge in [-0.15, -0.1) is 0 Å². The molecule has 0 saturated heterocycles. The number of H-pyrrole nitrogens is 1. The summed E-state index contributed by atoms with van der Waals surface area (Å²) in [6, 6.07) is 6.86. The minimum atomic E-state index is 0.430. The molecule has 1 aliphatic rings. The van der Waals surface area contributed by atoms with Crippen LogP contribution in [0.2, 0.25) is 0 Å². The average Bonchev–Trinajstić information content (AvgIpc) is 2.89. The molecular weight excluding hydrogens is 250 g/mol. The fraction of sp³-hybridized carbons (Fsp3) is 0.438. The molecule has 0 spiro atoms. The molecule has 0 amide bonds. The van der Waals surface area contributed by atoms with E-state index in [4.69, 9.17) is 4.74 Å². The summed E-state index contributed by atoms with van der Waals surface area (Å²) in [5, 5.41) is 10.7. The third-order valence-electron chi connectivity index (χ3n) is 4.14. The molecule has 20 heavy (non-hydrogen) atoms. The second-order valence-corrected chi connectivity index (χ2v) is 5.41. The Morgan fingerprint density at radius 2 is 2.35 bits per heavy atom. The minimum absolute atomic E-state index is 0.430. The monoisotopic (exact) mass is 271 g/mol. The molecule has 1 aliphatic carbocycles. The molecule has 0 saturated carbocycles. The Hall–Kier alpha value is -1.81. The molecule has 0 bridgehead atoms. The summed E-state index contributed by atoms with van der Waals surface area (Å²) in [4.78, 5) is 0. The van der Waals surface area contributed by atoms with E-state index < -0.39 is 0 Å². The Morgan fingerprint density at radius 1 is 1.45 bits per heavy atom. The summed E-state index contributed by atoms with van der Waals surface area (Å²) in [5.41, 5.74) is 5.21. The maximum Gasteiger partial charge on any atom is 0.119 e. The normalized spacial score (nSPS) is 17.8. The second kappa shape index (κ2) is 5.67. The average molecular weight is 271 g/mol. The maximum absolute atomic E-state index is 5.32. The minimum Gasteiger partial charge on any atom is -0.497 e. The van der Waals surface area contributed by atoms with Crippen LogP contribution in [0.5, 0.6) is 5.75 Å². The number of nitrogens with zero attached hydrogens (tertiary/aromatic N) is 1. The Balaban J connectivity index is 1.75. The number of nitrogens with one attached hydrogen (secondary N) is 2. The van der Waals surface area contributed by atoms with Gasteiger partial charge in [0.05, 0.1) is 13.3 Å². The highest BCUT2D eigenvalue weighted by Gasteiger charge is 2.20. The zero-order chi connectivity index (χ0) is 13.9. The lowest BCUT2D eigenvalue weighted by atomic mass is 9.87. The smallest absolute Gasteiger partial charge is 0.119 e. The summed E-state index contributed by atoms with van der Waals surface area (Å²) in [6.45, 7) is 2.92. The summed E-state index contributed by atoms with van der Waals surface area (Å²) in [5.74, 6) is 0.954. The molecule has 1 aromatic carbocycles.